The first kappa shape index (κ1) is 47.6. The van der Waals surface area contributed by atoms with Gasteiger partial charge in [-0.15, -0.1) is 0 Å². The van der Waals surface area contributed by atoms with Gasteiger partial charge in [0, 0.05) is 6.42 Å². The summed E-state index contributed by atoms with van der Waals surface area (Å²) in [5.41, 5.74) is 0. The molecule has 0 spiro atoms. The van der Waals surface area contributed by atoms with Gasteiger partial charge in [0.2, 0.25) is 0 Å². The third kappa shape index (κ3) is 40.9. The smallest absolute Gasteiger partial charge is 0.469 e. The molecule has 0 aliphatic carbocycles. The normalized spacial score (nSPS) is 12.9. The Balaban J connectivity index is 3.85. The van der Waals surface area contributed by atoms with Crippen LogP contribution in [0, 0.1) is 0 Å². The van der Waals surface area contributed by atoms with Crippen LogP contribution in [-0.2, 0) is 23.4 Å². The lowest BCUT2D eigenvalue weighted by Gasteiger charge is -2.18. The fraction of sp³-hybridized carbons (Fsp3) is 0.829. The minimum Gasteiger partial charge on any atom is -0.498 e. The average Bonchev–Trinajstić information content (AvgIpc) is 3.07. The van der Waals surface area contributed by atoms with Crippen LogP contribution in [0.4, 0.5) is 0 Å². The number of hydrogen-bond acceptors (Lipinski definition) is 5. The van der Waals surface area contributed by atoms with Crippen molar-refractivity contribution in [3.8, 4) is 0 Å². The van der Waals surface area contributed by atoms with Crippen LogP contribution in [0.3, 0.4) is 0 Å². The number of carbonyl (C=O) groups is 1. The zero-order chi connectivity index (χ0) is 35.9. The van der Waals surface area contributed by atoms with Crippen molar-refractivity contribution in [1.29, 1.82) is 0 Å². The highest BCUT2D eigenvalue weighted by Gasteiger charge is 2.21. The van der Waals surface area contributed by atoms with Gasteiger partial charge in [-0.05, 0) is 57.4 Å². The van der Waals surface area contributed by atoms with E-state index in [2.05, 4.69) is 42.7 Å². The molecular formula is C41H77O7P. The summed E-state index contributed by atoms with van der Waals surface area (Å²) in [5.74, 6) is -0.388. The second kappa shape index (κ2) is 37.8. The van der Waals surface area contributed by atoms with E-state index in [1.54, 1.807) is 6.26 Å². The van der Waals surface area contributed by atoms with Crippen LogP contribution in [0.1, 0.15) is 200 Å². The van der Waals surface area contributed by atoms with Crippen molar-refractivity contribution in [1.82, 2.24) is 0 Å². The van der Waals surface area contributed by atoms with Crippen LogP contribution in [0.15, 0.2) is 36.6 Å². The fourth-order valence-corrected chi connectivity index (χ4v) is 6.09. The number of phosphoric acid groups is 1. The number of allylic oxidation sites excluding steroid dienone is 5. The molecule has 1 atom stereocenters. The van der Waals surface area contributed by atoms with Gasteiger partial charge in [-0.25, -0.2) is 4.57 Å². The standard InChI is InChI=1S/C41H77O7P/c1-3-5-7-9-11-13-15-17-19-20-21-22-23-24-26-28-30-32-34-36-41(42)48-40(39-47-49(43,44)45)38-46-37-35-33-31-29-27-25-18-16-14-12-10-8-6-4-2/h11,13,17,19,35,37,40H,3-10,12,14-16,18,20-34,36,38-39H2,1-2H3,(H2,43,44,45)/b13-11-,19-17-,37-35-/t40-/m1/s1. The molecule has 0 aromatic rings. The molecule has 0 saturated heterocycles. The van der Waals surface area contributed by atoms with Gasteiger partial charge in [0.25, 0.3) is 0 Å². The molecule has 0 amide bonds. The van der Waals surface area contributed by atoms with Crippen molar-refractivity contribution in [3.63, 3.8) is 0 Å². The molecule has 0 aromatic carbocycles. The number of hydrogen-bond donors (Lipinski definition) is 2. The molecule has 0 bridgehead atoms. The molecule has 49 heavy (non-hydrogen) atoms. The van der Waals surface area contributed by atoms with Crippen LogP contribution < -0.4 is 0 Å². The number of rotatable bonds is 38. The predicted molar refractivity (Wildman–Crippen MR) is 206 cm³/mol. The number of unbranched alkanes of at least 4 members (excludes halogenated alkanes) is 24. The summed E-state index contributed by atoms with van der Waals surface area (Å²) in [6.07, 6.45) is 46.5. The molecule has 0 aliphatic rings. The van der Waals surface area contributed by atoms with Crippen LogP contribution >= 0.6 is 7.82 Å². The Morgan fingerprint density at radius 3 is 1.45 bits per heavy atom. The van der Waals surface area contributed by atoms with E-state index in [1.807, 2.05) is 6.08 Å². The van der Waals surface area contributed by atoms with Gasteiger partial charge in [0.05, 0.1) is 12.9 Å². The fourth-order valence-electron chi connectivity index (χ4n) is 5.73. The van der Waals surface area contributed by atoms with Crippen molar-refractivity contribution >= 4 is 13.8 Å². The highest BCUT2D eigenvalue weighted by Crippen LogP contribution is 2.36. The molecule has 2 N–H and O–H groups in total. The highest BCUT2D eigenvalue weighted by atomic mass is 31.2. The molecule has 8 heteroatoms. The first-order valence-corrected chi connectivity index (χ1v) is 21.9. The third-order valence-electron chi connectivity index (χ3n) is 8.76. The molecule has 288 valence electrons. The Morgan fingerprint density at radius 2 is 0.959 bits per heavy atom. The largest absolute Gasteiger partial charge is 0.498 e. The van der Waals surface area contributed by atoms with Crippen molar-refractivity contribution in [2.45, 2.75) is 206 Å². The van der Waals surface area contributed by atoms with E-state index in [4.69, 9.17) is 19.3 Å². The van der Waals surface area contributed by atoms with Crippen molar-refractivity contribution in [2.75, 3.05) is 13.2 Å². The molecule has 0 unspecified atom stereocenters. The molecule has 0 saturated carbocycles. The Morgan fingerprint density at radius 1 is 0.551 bits per heavy atom. The first-order valence-electron chi connectivity index (χ1n) is 20.3. The summed E-state index contributed by atoms with van der Waals surface area (Å²) < 4.78 is 26.7. The Hall–Kier alpha value is -1.40. The monoisotopic (exact) mass is 713 g/mol. The lowest BCUT2D eigenvalue weighted by Crippen LogP contribution is -2.27. The number of esters is 1. The van der Waals surface area contributed by atoms with Crippen LogP contribution in [-0.4, -0.2) is 35.1 Å². The zero-order valence-electron chi connectivity index (χ0n) is 31.8. The highest BCUT2D eigenvalue weighted by molar-refractivity contribution is 7.46. The molecule has 0 fully saturated rings. The summed E-state index contributed by atoms with van der Waals surface area (Å²) in [6, 6.07) is 0. The minimum atomic E-state index is -4.67. The summed E-state index contributed by atoms with van der Waals surface area (Å²) in [5, 5.41) is 0. The second-order valence-electron chi connectivity index (χ2n) is 13.7. The lowest BCUT2D eigenvalue weighted by atomic mass is 10.0. The number of carbonyl (C=O) groups excluding carboxylic acids is 1. The van der Waals surface area contributed by atoms with Crippen molar-refractivity contribution < 1.29 is 33.1 Å². The molecule has 0 heterocycles. The van der Waals surface area contributed by atoms with Crippen molar-refractivity contribution in [2.24, 2.45) is 0 Å². The third-order valence-corrected chi connectivity index (χ3v) is 9.24. The van der Waals surface area contributed by atoms with E-state index in [-0.39, 0.29) is 19.0 Å². The van der Waals surface area contributed by atoms with Crippen LogP contribution in [0.5, 0.6) is 0 Å². The second-order valence-corrected chi connectivity index (χ2v) is 14.9. The molecule has 0 radical (unpaired) electrons. The molecule has 0 rings (SSSR count). The first-order chi connectivity index (χ1) is 23.9. The van der Waals surface area contributed by atoms with Crippen molar-refractivity contribution in [3.05, 3.63) is 36.6 Å². The van der Waals surface area contributed by atoms with E-state index in [9.17, 15) is 9.36 Å². The summed E-state index contributed by atoms with van der Waals surface area (Å²) in [4.78, 5) is 30.5. The van der Waals surface area contributed by atoms with Gasteiger partial charge in [0.1, 0.15) is 6.61 Å². The predicted octanol–water partition coefficient (Wildman–Crippen LogP) is 13.0. The van der Waals surface area contributed by atoms with E-state index in [0.717, 1.165) is 38.5 Å². The van der Waals surface area contributed by atoms with Crippen LogP contribution in [0.25, 0.3) is 0 Å². The Bertz CT molecular complexity index is 836. The summed E-state index contributed by atoms with van der Waals surface area (Å²) in [6.45, 7) is 4.09. The maximum atomic E-state index is 12.4. The summed E-state index contributed by atoms with van der Waals surface area (Å²) >= 11 is 0. The Labute approximate surface area is 302 Å². The Kier molecular flexibility index (Phi) is 36.8. The minimum absolute atomic E-state index is 0.00644. The molecule has 7 nitrogen and oxygen atoms in total. The zero-order valence-corrected chi connectivity index (χ0v) is 32.7. The topological polar surface area (TPSA) is 102 Å². The van der Waals surface area contributed by atoms with Gasteiger partial charge >= 0.3 is 13.8 Å². The number of ether oxygens (including phenoxy) is 2. The van der Waals surface area contributed by atoms with E-state index >= 15 is 0 Å². The summed E-state index contributed by atoms with van der Waals surface area (Å²) in [7, 11) is -4.67. The maximum Gasteiger partial charge on any atom is 0.469 e. The van der Waals surface area contributed by atoms with E-state index in [0.29, 0.717) is 0 Å². The van der Waals surface area contributed by atoms with Crippen LogP contribution in [0.2, 0.25) is 0 Å². The molecule has 0 aromatic heterocycles. The van der Waals surface area contributed by atoms with Gasteiger partial charge in [-0.3, -0.25) is 9.32 Å². The van der Waals surface area contributed by atoms with E-state index < -0.39 is 20.5 Å². The SMILES string of the molecule is CCCCC/C=C\C/C=C\CCCCCCCCCCCC(=O)O[C@H](CO/C=C\CCCCCCCCCCCCCC)COP(=O)(O)O. The van der Waals surface area contributed by atoms with Gasteiger partial charge < -0.3 is 19.3 Å². The number of phosphoric ester groups is 1. The molecule has 0 aliphatic heterocycles. The van der Waals surface area contributed by atoms with Gasteiger partial charge in [-0.2, -0.15) is 0 Å². The average molecular weight is 713 g/mol. The van der Waals surface area contributed by atoms with E-state index in [1.165, 1.54) is 141 Å². The van der Waals surface area contributed by atoms with Gasteiger partial charge in [0.15, 0.2) is 6.10 Å². The lowest BCUT2D eigenvalue weighted by molar-refractivity contribution is -0.153. The quantitative estimate of drug-likeness (QED) is 0.0216. The maximum absolute atomic E-state index is 12.4. The molecular weight excluding hydrogens is 635 g/mol. The van der Waals surface area contributed by atoms with Gasteiger partial charge in [-0.1, -0.05) is 167 Å².